The van der Waals surface area contributed by atoms with Crippen LogP contribution in [0.4, 0.5) is 0 Å². The van der Waals surface area contributed by atoms with Crippen molar-refractivity contribution in [1.29, 1.82) is 0 Å². The molecule has 5 nitrogen and oxygen atoms in total. The molecule has 2 aliphatic rings. The Labute approximate surface area is 113 Å². The maximum absolute atomic E-state index is 12.3. The number of imide groups is 1. The second kappa shape index (κ2) is 5.72. The minimum atomic E-state index is -1.06. The van der Waals surface area contributed by atoms with Gasteiger partial charge in [0.25, 0.3) is 0 Å². The number of carboxylic acids is 1. The maximum atomic E-state index is 12.3. The summed E-state index contributed by atoms with van der Waals surface area (Å²) in [7, 11) is 0. The van der Waals surface area contributed by atoms with Gasteiger partial charge in [-0.2, -0.15) is 0 Å². The Kier molecular flexibility index (Phi) is 4.22. The van der Waals surface area contributed by atoms with Crippen LogP contribution in [0.25, 0.3) is 0 Å². The molecule has 3 unspecified atom stereocenters. The molecule has 0 aromatic carbocycles. The number of aliphatic carboxylic acids is 1. The molecule has 0 bridgehead atoms. The van der Waals surface area contributed by atoms with Gasteiger partial charge in [-0.25, -0.2) is 4.79 Å². The first-order valence-corrected chi connectivity index (χ1v) is 7.17. The van der Waals surface area contributed by atoms with E-state index in [0.717, 1.165) is 37.0 Å². The van der Waals surface area contributed by atoms with Crippen LogP contribution in [-0.4, -0.2) is 33.8 Å². The minimum absolute atomic E-state index is 0.252. The van der Waals surface area contributed by atoms with E-state index in [0.29, 0.717) is 12.8 Å². The van der Waals surface area contributed by atoms with Gasteiger partial charge in [-0.15, -0.1) is 0 Å². The van der Waals surface area contributed by atoms with E-state index in [1.54, 1.807) is 0 Å². The summed E-state index contributed by atoms with van der Waals surface area (Å²) in [5.74, 6) is -2.08. The Bertz CT molecular complexity index is 369. The lowest BCUT2D eigenvalue weighted by molar-refractivity contribution is -0.155. The van der Waals surface area contributed by atoms with E-state index in [1.807, 2.05) is 6.92 Å². The summed E-state index contributed by atoms with van der Waals surface area (Å²) >= 11 is 0. The van der Waals surface area contributed by atoms with E-state index in [2.05, 4.69) is 0 Å². The molecule has 1 saturated carbocycles. The Balaban J connectivity index is 2.19. The van der Waals surface area contributed by atoms with Crippen molar-refractivity contribution in [3.63, 3.8) is 0 Å². The lowest BCUT2D eigenvalue weighted by Gasteiger charge is -2.22. The molecule has 0 aromatic heterocycles. The van der Waals surface area contributed by atoms with Gasteiger partial charge < -0.3 is 5.11 Å². The summed E-state index contributed by atoms with van der Waals surface area (Å²) in [5.41, 5.74) is 0. The van der Waals surface area contributed by atoms with E-state index in [4.69, 9.17) is 0 Å². The average molecular weight is 267 g/mol. The normalized spacial score (nSPS) is 28.4. The van der Waals surface area contributed by atoms with Gasteiger partial charge in [0, 0.05) is 0 Å². The molecule has 0 aromatic rings. The average Bonchev–Trinajstić information content (AvgIpc) is 2.64. The van der Waals surface area contributed by atoms with Gasteiger partial charge in [0.1, 0.15) is 6.04 Å². The van der Waals surface area contributed by atoms with Crippen LogP contribution in [0.5, 0.6) is 0 Å². The van der Waals surface area contributed by atoms with Crippen molar-refractivity contribution >= 4 is 17.8 Å². The topological polar surface area (TPSA) is 74.7 Å². The molecule has 3 atom stereocenters. The molecule has 19 heavy (non-hydrogen) atoms. The van der Waals surface area contributed by atoms with E-state index < -0.39 is 12.0 Å². The fourth-order valence-corrected chi connectivity index (χ4v) is 3.26. The summed E-state index contributed by atoms with van der Waals surface area (Å²) in [5, 5.41) is 9.28. The fourth-order valence-electron chi connectivity index (χ4n) is 3.26. The molecule has 1 aliphatic heterocycles. The van der Waals surface area contributed by atoms with Crippen LogP contribution < -0.4 is 0 Å². The summed E-state index contributed by atoms with van der Waals surface area (Å²) in [6, 6.07) is -0.967. The molecule has 2 rings (SSSR count). The highest BCUT2D eigenvalue weighted by atomic mass is 16.4. The third-order valence-electron chi connectivity index (χ3n) is 4.30. The predicted octanol–water partition coefficient (Wildman–Crippen LogP) is 1.80. The number of rotatable bonds is 5. The molecule has 0 radical (unpaired) electrons. The standard InChI is InChI=1S/C14H21NO4/c1-2-3-8-11(14(18)19)15-12(16)9-6-4-5-7-10(9)13(15)17/h9-11H,2-8H2,1H3,(H,18,19). The molecule has 106 valence electrons. The van der Waals surface area contributed by atoms with Crippen molar-refractivity contribution in [2.75, 3.05) is 0 Å². The highest BCUT2D eigenvalue weighted by Crippen LogP contribution is 2.39. The summed E-state index contributed by atoms with van der Waals surface area (Å²) < 4.78 is 0. The zero-order valence-electron chi connectivity index (χ0n) is 11.3. The van der Waals surface area contributed by atoms with Crippen LogP contribution in [0.1, 0.15) is 51.9 Å². The summed E-state index contributed by atoms with van der Waals surface area (Å²) in [6.07, 6.45) is 5.30. The van der Waals surface area contributed by atoms with Crippen LogP contribution in [0.3, 0.4) is 0 Å². The first-order valence-electron chi connectivity index (χ1n) is 7.17. The van der Waals surface area contributed by atoms with Crippen molar-refractivity contribution in [1.82, 2.24) is 4.90 Å². The largest absolute Gasteiger partial charge is 0.480 e. The van der Waals surface area contributed by atoms with E-state index in [1.165, 1.54) is 0 Å². The lowest BCUT2D eigenvalue weighted by Crippen LogP contribution is -2.45. The Hall–Kier alpha value is -1.39. The van der Waals surface area contributed by atoms with Crippen molar-refractivity contribution in [2.45, 2.75) is 57.9 Å². The van der Waals surface area contributed by atoms with Crippen molar-refractivity contribution in [2.24, 2.45) is 11.8 Å². The van der Waals surface area contributed by atoms with Gasteiger partial charge in [0.2, 0.25) is 11.8 Å². The smallest absolute Gasteiger partial charge is 0.326 e. The maximum Gasteiger partial charge on any atom is 0.326 e. The molecule has 1 aliphatic carbocycles. The summed E-state index contributed by atoms with van der Waals surface area (Å²) in [6.45, 7) is 1.96. The molecule has 2 amide bonds. The Morgan fingerprint density at radius 2 is 1.79 bits per heavy atom. The third kappa shape index (κ3) is 2.51. The van der Waals surface area contributed by atoms with Gasteiger partial charge in [-0.3, -0.25) is 14.5 Å². The van der Waals surface area contributed by atoms with E-state index in [-0.39, 0.29) is 23.7 Å². The monoisotopic (exact) mass is 267 g/mol. The first-order chi connectivity index (χ1) is 9.07. The van der Waals surface area contributed by atoms with Crippen molar-refractivity contribution < 1.29 is 19.5 Å². The van der Waals surface area contributed by atoms with E-state index >= 15 is 0 Å². The molecule has 5 heteroatoms. The number of carboxylic acid groups (broad SMARTS) is 1. The number of likely N-dealkylation sites (tertiary alicyclic amines) is 1. The van der Waals surface area contributed by atoms with Gasteiger partial charge in [-0.1, -0.05) is 32.6 Å². The zero-order valence-corrected chi connectivity index (χ0v) is 11.3. The van der Waals surface area contributed by atoms with Gasteiger partial charge >= 0.3 is 5.97 Å². The molecule has 1 heterocycles. The zero-order chi connectivity index (χ0) is 14.0. The van der Waals surface area contributed by atoms with Gasteiger partial charge in [-0.05, 0) is 19.3 Å². The van der Waals surface area contributed by atoms with Crippen LogP contribution >= 0.6 is 0 Å². The van der Waals surface area contributed by atoms with Crippen LogP contribution in [0.2, 0.25) is 0 Å². The van der Waals surface area contributed by atoms with Crippen LogP contribution in [-0.2, 0) is 14.4 Å². The number of hydrogen-bond donors (Lipinski definition) is 1. The molecule has 0 spiro atoms. The quantitative estimate of drug-likeness (QED) is 0.771. The Morgan fingerprint density at radius 1 is 1.26 bits per heavy atom. The predicted molar refractivity (Wildman–Crippen MR) is 68.2 cm³/mol. The molecular weight excluding hydrogens is 246 g/mol. The molecule has 1 saturated heterocycles. The SMILES string of the molecule is CCCCC(C(=O)O)N1C(=O)C2CCCCC2C1=O. The molecule has 1 N–H and O–H groups in total. The first kappa shape index (κ1) is 14.0. The van der Waals surface area contributed by atoms with Crippen LogP contribution in [0, 0.1) is 11.8 Å². The minimum Gasteiger partial charge on any atom is -0.480 e. The number of carbonyl (C=O) groups excluding carboxylic acids is 2. The number of nitrogens with zero attached hydrogens (tertiary/aromatic N) is 1. The number of fused-ring (bicyclic) bond motifs is 1. The van der Waals surface area contributed by atoms with Crippen molar-refractivity contribution in [3.05, 3.63) is 0 Å². The fraction of sp³-hybridized carbons (Fsp3) is 0.786. The molecule has 2 fully saturated rings. The van der Waals surface area contributed by atoms with Gasteiger partial charge in [0.05, 0.1) is 11.8 Å². The van der Waals surface area contributed by atoms with Crippen LogP contribution in [0.15, 0.2) is 0 Å². The third-order valence-corrected chi connectivity index (χ3v) is 4.30. The van der Waals surface area contributed by atoms with E-state index in [9.17, 15) is 19.5 Å². The number of hydrogen-bond acceptors (Lipinski definition) is 3. The van der Waals surface area contributed by atoms with Crippen molar-refractivity contribution in [3.8, 4) is 0 Å². The Morgan fingerprint density at radius 3 is 2.21 bits per heavy atom. The highest BCUT2D eigenvalue weighted by molar-refractivity contribution is 6.07. The lowest BCUT2D eigenvalue weighted by atomic mass is 9.81. The molecular formula is C14H21NO4. The summed E-state index contributed by atoms with van der Waals surface area (Å²) in [4.78, 5) is 37.0. The number of carbonyl (C=O) groups is 3. The second-order valence-corrected chi connectivity index (χ2v) is 5.54. The van der Waals surface area contributed by atoms with Gasteiger partial charge in [0.15, 0.2) is 0 Å². The highest BCUT2D eigenvalue weighted by Gasteiger charge is 2.51. The number of amides is 2. The second-order valence-electron chi connectivity index (χ2n) is 5.54. The number of unbranched alkanes of at least 4 members (excludes halogenated alkanes) is 1.